The molecule has 1 N–H and O–H groups in total. The lowest BCUT2D eigenvalue weighted by molar-refractivity contribution is -0.115. The van der Waals surface area contributed by atoms with Crippen molar-refractivity contribution < 1.29 is 5.21 Å². The number of hydroxylamine groups is 2. The lowest BCUT2D eigenvalue weighted by atomic mass is 10.2. The average Bonchev–Trinajstić information content (AvgIpc) is 2.50. The molecule has 0 aliphatic carbocycles. The number of rotatable bonds is 2. The summed E-state index contributed by atoms with van der Waals surface area (Å²) in [4.78, 5) is 11.2. The van der Waals surface area contributed by atoms with Crippen LogP contribution >= 0.6 is 23.3 Å². The van der Waals surface area contributed by atoms with E-state index >= 15 is 0 Å². The monoisotopic (exact) mass is 246 g/mol. The maximum Gasteiger partial charge on any atom is 0.261 e. The summed E-state index contributed by atoms with van der Waals surface area (Å²) in [7, 11) is 1.76. The minimum Gasteiger partial charge on any atom is -0.313 e. The van der Waals surface area contributed by atoms with Crippen LogP contribution < -0.4 is 5.56 Å². The molecule has 1 aromatic heterocycles. The predicted molar refractivity (Wildman–Crippen MR) is 61.5 cm³/mol. The van der Waals surface area contributed by atoms with Crippen molar-refractivity contribution in [2.45, 2.75) is 28.8 Å². The first kappa shape index (κ1) is 11.2. The SMILES string of the molecule is Cn1sc(SC2CCCCN2O)cc1=O. The second-order valence-corrected chi connectivity index (χ2v) is 6.27. The molecule has 1 saturated heterocycles. The summed E-state index contributed by atoms with van der Waals surface area (Å²) in [6.07, 6.45) is 3.19. The number of aromatic nitrogens is 1. The van der Waals surface area contributed by atoms with Gasteiger partial charge in [-0.15, -0.1) is 0 Å². The molecule has 6 heteroatoms. The van der Waals surface area contributed by atoms with Gasteiger partial charge in [0.05, 0.1) is 9.58 Å². The van der Waals surface area contributed by atoms with Gasteiger partial charge in [0.15, 0.2) is 0 Å². The smallest absolute Gasteiger partial charge is 0.261 e. The summed E-state index contributed by atoms with van der Waals surface area (Å²) >= 11 is 3.02. The van der Waals surface area contributed by atoms with Gasteiger partial charge < -0.3 is 5.21 Å². The van der Waals surface area contributed by atoms with E-state index in [9.17, 15) is 10.0 Å². The molecule has 15 heavy (non-hydrogen) atoms. The molecule has 1 fully saturated rings. The third kappa shape index (κ3) is 2.63. The Morgan fingerprint density at radius 3 is 3.00 bits per heavy atom. The fourth-order valence-corrected chi connectivity index (χ4v) is 3.95. The molecule has 1 aliphatic rings. The van der Waals surface area contributed by atoms with Crippen LogP contribution in [0.2, 0.25) is 0 Å². The quantitative estimate of drug-likeness (QED) is 0.863. The largest absolute Gasteiger partial charge is 0.313 e. The van der Waals surface area contributed by atoms with Gasteiger partial charge in [-0.3, -0.25) is 8.75 Å². The van der Waals surface area contributed by atoms with Gasteiger partial charge in [0.25, 0.3) is 5.56 Å². The fraction of sp³-hybridized carbons (Fsp3) is 0.667. The van der Waals surface area contributed by atoms with Crippen LogP contribution in [0.4, 0.5) is 0 Å². The zero-order chi connectivity index (χ0) is 10.8. The number of hydrogen-bond acceptors (Lipinski definition) is 5. The van der Waals surface area contributed by atoms with Crippen molar-refractivity contribution in [3.05, 3.63) is 16.4 Å². The fourth-order valence-electron chi connectivity index (χ4n) is 1.59. The molecule has 0 saturated carbocycles. The van der Waals surface area contributed by atoms with Crippen molar-refractivity contribution in [3.8, 4) is 0 Å². The van der Waals surface area contributed by atoms with E-state index in [1.807, 2.05) is 0 Å². The van der Waals surface area contributed by atoms with Gasteiger partial charge in [-0.25, -0.2) is 0 Å². The number of aryl methyl sites for hydroxylation is 1. The lowest BCUT2D eigenvalue weighted by Crippen LogP contribution is -2.34. The molecular weight excluding hydrogens is 232 g/mol. The summed E-state index contributed by atoms with van der Waals surface area (Å²) < 4.78 is 2.58. The summed E-state index contributed by atoms with van der Waals surface area (Å²) in [6, 6.07) is 1.64. The maximum atomic E-state index is 11.2. The minimum atomic E-state index is 0.0304. The zero-order valence-electron chi connectivity index (χ0n) is 8.55. The van der Waals surface area contributed by atoms with Gasteiger partial charge in [-0.05, 0) is 30.8 Å². The third-order valence-corrected chi connectivity index (χ3v) is 4.82. The lowest BCUT2D eigenvalue weighted by Gasteiger charge is -2.29. The van der Waals surface area contributed by atoms with Crippen LogP contribution in [0.15, 0.2) is 15.1 Å². The van der Waals surface area contributed by atoms with E-state index in [0.717, 1.165) is 30.0 Å². The van der Waals surface area contributed by atoms with Gasteiger partial charge in [-0.2, -0.15) is 5.06 Å². The van der Waals surface area contributed by atoms with Crippen LogP contribution in [0.3, 0.4) is 0 Å². The van der Waals surface area contributed by atoms with Crippen molar-refractivity contribution in [1.29, 1.82) is 0 Å². The van der Waals surface area contributed by atoms with E-state index in [1.54, 1.807) is 28.8 Å². The highest BCUT2D eigenvalue weighted by molar-refractivity contribution is 8.01. The molecule has 0 amide bonds. The van der Waals surface area contributed by atoms with Crippen molar-refractivity contribution in [3.63, 3.8) is 0 Å². The normalized spacial score (nSPS) is 23.2. The molecule has 0 bridgehead atoms. The van der Waals surface area contributed by atoms with Crippen LogP contribution in [0.5, 0.6) is 0 Å². The number of thioether (sulfide) groups is 1. The molecule has 0 aromatic carbocycles. The van der Waals surface area contributed by atoms with E-state index < -0.39 is 0 Å². The summed E-state index contributed by atoms with van der Waals surface area (Å²) in [5.41, 5.74) is 0.0304. The van der Waals surface area contributed by atoms with E-state index in [1.165, 1.54) is 16.6 Å². The van der Waals surface area contributed by atoms with Gasteiger partial charge in [0.2, 0.25) is 0 Å². The molecular formula is C9H14N2O2S2. The topological polar surface area (TPSA) is 45.5 Å². The Morgan fingerprint density at radius 2 is 2.40 bits per heavy atom. The Bertz CT molecular complexity index is 388. The van der Waals surface area contributed by atoms with Crippen molar-refractivity contribution >= 4 is 23.3 Å². The van der Waals surface area contributed by atoms with Crippen LogP contribution in [0.25, 0.3) is 0 Å². The number of piperidine rings is 1. The Kier molecular flexibility index (Phi) is 3.50. The van der Waals surface area contributed by atoms with Gasteiger partial charge in [0, 0.05) is 19.7 Å². The summed E-state index contributed by atoms with van der Waals surface area (Å²) in [5, 5.41) is 11.1. The second-order valence-electron chi connectivity index (χ2n) is 3.62. The molecule has 2 heterocycles. The maximum absolute atomic E-state index is 11.2. The first-order valence-electron chi connectivity index (χ1n) is 4.96. The molecule has 84 valence electrons. The Balaban J connectivity index is 2.04. The molecule has 1 unspecified atom stereocenters. The molecule has 0 radical (unpaired) electrons. The molecule has 1 aliphatic heterocycles. The van der Waals surface area contributed by atoms with Crippen LogP contribution in [0.1, 0.15) is 19.3 Å². The van der Waals surface area contributed by atoms with Gasteiger partial charge in [-0.1, -0.05) is 11.8 Å². The highest BCUT2D eigenvalue weighted by Crippen LogP contribution is 2.32. The third-order valence-electron chi connectivity index (χ3n) is 2.45. The highest BCUT2D eigenvalue weighted by Gasteiger charge is 2.22. The van der Waals surface area contributed by atoms with Crippen LogP contribution in [0, 0.1) is 0 Å². The Hall–Kier alpha value is -0.300. The van der Waals surface area contributed by atoms with Gasteiger partial charge >= 0.3 is 0 Å². The Morgan fingerprint density at radius 1 is 1.60 bits per heavy atom. The van der Waals surface area contributed by atoms with E-state index in [0.29, 0.717) is 0 Å². The average molecular weight is 246 g/mol. The second kappa shape index (κ2) is 4.69. The summed E-state index contributed by atoms with van der Waals surface area (Å²) in [6.45, 7) is 0.736. The minimum absolute atomic E-state index is 0.0304. The van der Waals surface area contributed by atoms with Crippen molar-refractivity contribution in [1.82, 2.24) is 9.02 Å². The standard InChI is InChI=1S/C9H14N2O2S2/c1-10-7(12)6-9(15-10)14-8-4-2-3-5-11(8)13/h6,8,13H,2-5H2,1H3. The molecule has 2 rings (SSSR count). The molecule has 1 atom stereocenters. The first-order valence-corrected chi connectivity index (χ1v) is 6.61. The molecule has 4 nitrogen and oxygen atoms in total. The van der Waals surface area contributed by atoms with E-state index in [-0.39, 0.29) is 10.9 Å². The van der Waals surface area contributed by atoms with E-state index in [2.05, 4.69) is 0 Å². The van der Waals surface area contributed by atoms with Gasteiger partial charge in [0.1, 0.15) is 0 Å². The van der Waals surface area contributed by atoms with E-state index in [4.69, 9.17) is 0 Å². The van der Waals surface area contributed by atoms with Crippen molar-refractivity contribution in [2.24, 2.45) is 7.05 Å². The van der Waals surface area contributed by atoms with Crippen LogP contribution in [-0.4, -0.2) is 26.1 Å². The van der Waals surface area contributed by atoms with Crippen LogP contribution in [-0.2, 0) is 7.05 Å². The first-order chi connectivity index (χ1) is 7.16. The van der Waals surface area contributed by atoms with Crippen molar-refractivity contribution in [2.75, 3.05) is 6.54 Å². The Labute approximate surface area is 96.6 Å². The number of hydrogen-bond donors (Lipinski definition) is 1. The zero-order valence-corrected chi connectivity index (χ0v) is 10.2. The highest BCUT2D eigenvalue weighted by atomic mass is 32.2. The summed E-state index contributed by atoms with van der Waals surface area (Å²) in [5.74, 6) is 0. The molecule has 0 spiro atoms. The predicted octanol–water partition coefficient (Wildman–Crippen LogP) is 1.74. The number of nitrogens with zero attached hydrogens (tertiary/aromatic N) is 2. The molecule has 1 aromatic rings.